The Labute approximate surface area is 176 Å². The maximum atomic E-state index is 13.4. The molecule has 0 radical (unpaired) electrons. The predicted molar refractivity (Wildman–Crippen MR) is 114 cm³/mol. The van der Waals surface area contributed by atoms with Gasteiger partial charge in [0.05, 0.1) is 38.0 Å². The third kappa shape index (κ3) is 4.47. The van der Waals surface area contributed by atoms with E-state index in [1.165, 1.54) is 0 Å². The maximum Gasteiger partial charge on any atom is 0.241 e. The van der Waals surface area contributed by atoms with E-state index >= 15 is 0 Å². The Morgan fingerprint density at radius 2 is 1.63 bits per heavy atom. The Bertz CT molecular complexity index is 883. The molecule has 2 aromatic carbocycles. The van der Waals surface area contributed by atoms with Crippen molar-refractivity contribution in [3.05, 3.63) is 60.2 Å². The normalized spacial score (nSPS) is 18.7. The van der Waals surface area contributed by atoms with Gasteiger partial charge in [-0.05, 0) is 24.7 Å². The van der Waals surface area contributed by atoms with E-state index in [4.69, 9.17) is 9.47 Å². The van der Waals surface area contributed by atoms with Gasteiger partial charge in [-0.1, -0.05) is 42.5 Å². The summed E-state index contributed by atoms with van der Waals surface area (Å²) < 4.78 is 11.2. The average molecular weight is 409 g/mol. The van der Waals surface area contributed by atoms with Crippen molar-refractivity contribution >= 4 is 17.5 Å². The average Bonchev–Trinajstić information content (AvgIpc) is 2.79. The van der Waals surface area contributed by atoms with Gasteiger partial charge in [-0.2, -0.15) is 0 Å². The fourth-order valence-corrected chi connectivity index (χ4v) is 3.92. The molecule has 158 valence electrons. The van der Waals surface area contributed by atoms with E-state index in [0.29, 0.717) is 38.7 Å². The Kier molecular flexibility index (Phi) is 6.30. The summed E-state index contributed by atoms with van der Waals surface area (Å²) in [5.74, 6) is 0.664. The quantitative estimate of drug-likeness (QED) is 0.755. The minimum absolute atomic E-state index is 0.0237. The summed E-state index contributed by atoms with van der Waals surface area (Å²) in [6, 6.07) is 17.3. The Hall–Kier alpha value is -2.90. The minimum Gasteiger partial charge on any atom is -0.489 e. The number of nitrogens with zero attached hydrogens (tertiary/aromatic N) is 3. The number of rotatable bonds is 5. The van der Waals surface area contributed by atoms with Crippen molar-refractivity contribution in [2.45, 2.75) is 6.04 Å². The molecule has 0 spiro atoms. The molecule has 1 unspecified atom stereocenters. The molecule has 0 aromatic heterocycles. The molecule has 1 atom stereocenters. The van der Waals surface area contributed by atoms with Crippen molar-refractivity contribution in [1.29, 1.82) is 0 Å². The molecular weight excluding hydrogens is 382 g/mol. The van der Waals surface area contributed by atoms with Crippen LogP contribution in [0.2, 0.25) is 0 Å². The zero-order valence-electron chi connectivity index (χ0n) is 17.2. The lowest BCUT2D eigenvalue weighted by atomic mass is 10.0. The highest BCUT2D eigenvalue weighted by Crippen LogP contribution is 2.39. The van der Waals surface area contributed by atoms with Gasteiger partial charge in [0, 0.05) is 13.1 Å². The zero-order valence-corrected chi connectivity index (χ0v) is 17.2. The highest BCUT2D eigenvalue weighted by atomic mass is 16.5. The molecule has 2 amide bonds. The molecule has 7 heteroatoms. The second kappa shape index (κ2) is 9.28. The van der Waals surface area contributed by atoms with Gasteiger partial charge < -0.3 is 14.4 Å². The lowest BCUT2D eigenvalue weighted by molar-refractivity contribution is -0.136. The lowest BCUT2D eigenvalue weighted by Gasteiger charge is -2.38. The predicted octanol–water partition coefficient (Wildman–Crippen LogP) is 1.94. The number of morpholine rings is 1. The number of carbonyl (C=O) groups excluding carboxylic acids is 2. The summed E-state index contributed by atoms with van der Waals surface area (Å²) in [5.41, 5.74) is 1.78. The van der Waals surface area contributed by atoms with Crippen LogP contribution in [0.5, 0.6) is 5.75 Å². The van der Waals surface area contributed by atoms with Crippen LogP contribution < -0.4 is 9.64 Å². The van der Waals surface area contributed by atoms with Crippen molar-refractivity contribution in [1.82, 2.24) is 9.80 Å². The van der Waals surface area contributed by atoms with E-state index in [1.54, 1.807) is 16.8 Å². The molecule has 2 heterocycles. The monoisotopic (exact) mass is 409 g/mol. The van der Waals surface area contributed by atoms with Gasteiger partial charge in [-0.15, -0.1) is 0 Å². The Morgan fingerprint density at radius 3 is 2.40 bits per heavy atom. The first kappa shape index (κ1) is 20.4. The van der Waals surface area contributed by atoms with Crippen LogP contribution in [0.25, 0.3) is 0 Å². The molecule has 1 saturated heterocycles. The third-order valence-electron chi connectivity index (χ3n) is 5.46. The van der Waals surface area contributed by atoms with Crippen molar-refractivity contribution in [2.75, 3.05) is 57.9 Å². The summed E-state index contributed by atoms with van der Waals surface area (Å²) in [4.78, 5) is 31.3. The van der Waals surface area contributed by atoms with Gasteiger partial charge in [0.1, 0.15) is 12.4 Å². The molecule has 1 fully saturated rings. The summed E-state index contributed by atoms with van der Waals surface area (Å²) in [5, 5.41) is 0. The van der Waals surface area contributed by atoms with Crippen LogP contribution in [-0.2, 0) is 14.3 Å². The SMILES string of the molecule is CN(CC(=O)N1CCOCC1)CC(=O)N1c2ccccc2OCC1c1ccccc1. The minimum atomic E-state index is -0.211. The molecule has 4 rings (SSSR count). The summed E-state index contributed by atoms with van der Waals surface area (Å²) in [6.45, 7) is 3.08. The molecule has 2 aliphatic rings. The van der Waals surface area contributed by atoms with E-state index in [2.05, 4.69) is 0 Å². The van der Waals surface area contributed by atoms with E-state index in [9.17, 15) is 9.59 Å². The fourth-order valence-electron chi connectivity index (χ4n) is 3.92. The molecule has 0 bridgehead atoms. The van der Waals surface area contributed by atoms with Crippen molar-refractivity contribution in [3.63, 3.8) is 0 Å². The Balaban J connectivity index is 1.50. The lowest BCUT2D eigenvalue weighted by Crippen LogP contribution is -2.48. The Morgan fingerprint density at radius 1 is 0.967 bits per heavy atom. The molecule has 2 aliphatic heterocycles. The number of ether oxygens (including phenoxy) is 2. The number of likely N-dealkylation sites (N-methyl/N-ethyl adjacent to an activating group) is 1. The number of fused-ring (bicyclic) bond motifs is 1. The van der Waals surface area contributed by atoms with Crippen LogP contribution in [0.4, 0.5) is 5.69 Å². The molecule has 0 N–H and O–H groups in total. The van der Waals surface area contributed by atoms with Crippen LogP contribution in [-0.4, -0.2) is 74.7 Å². The number of hydrogen-bond acceptors (Lipinski definition) is 5. The van der Waals surface area contributed by atoms with Crippen LogP contribution >= 0.6 is 0 Å². The highest BCUT2D eigenvalue weighted by molar-refractivity contribution is 5.97. The summed E-state index contributed by atoms with van der Waals surface area (Å²) >= 11 is 0. The van der Waals surface area contributed by atoms with Gasteiger partial charge >= 0.3 is 0 Å². The number of benzene rings is 2. The first-order valence-corrected chi connectivity index (χ1v) is 10.3. The van der Waals surface area contributed by atoms with Gasteiger partial charge in [0.15, 0.2) is 0 Å². The largest absolute Gasteiger partial charge is 0.489 e. The second-order valence-electron chi connectivity index (χ2n) is 7.63. The fraction of sp³-hybridized carbons (Fsp3) is 0.391. The zero-order chi connectivity index (χ0) is 20.9. The van der Waals surface area contributed by atoms with E-state index in [-0.39, 0.29) is 30.9 Å². The van der Waals surface area contributed by atoms with Gasteiger partial charge in [-0.3, -0.25) is 19.4 Å². The molecular formula is C23H27N3O4. The van der Waals surface area contributed by atoms with Gasteiger partial charge in [0.25, 0.3) is 0 Å². The van der Waals surface area contributed by atoms with Crippen LogP contribution in [0, 0.1) is 0 Å². The maximum absolute atomic E-state index is 13.4. The number of carbonyl (C=O) groups is 2. The first-order chi connectivity index (χ1) is 14.6. The second-order valence-corrected chi connectivity index (χ2v) is 7.63. The molecule has 30 heavy (non-hydrogen) atoms. The van der Waals surface area contributed by atoms with Crippen molar-refractivity contribution in [3.8, 4) is 5.75 Å². The van der Waals surface area contributed by atoms with Gasteiger partial charge in [-0.25, -0.2) is 0 Å². The number of amides is 2. The number of anilines is 1. The van der Waals surface area contributed by atoms with E-state index in [1.807, 2.05) is 59.5 Å². The summed E-state index contributed by atoms with van der Waals surface area (Å²) in [7, 11) is 1.81. The molecule has 7 nitrogen and oxygen atoms in total. The van der Waals surface area contributed by atoms with Crippen molar-refractivity contribution in [2.24, 2.45) is 0 Å². The molecule has 0 aliphatic carbocycles. The van der Waals surface area contributed by atoms with E-state index in [0.717, 1.165) is 11.3 Å². The summed E-state index contributed by atoms with van der Waals surface area (Å²) in [6.07, 6.45) is 0. The molecule has 2 aromatic rings. The standard InChI is InChI=1S/C23H27N3O4/c1-24(15-22(27)25-11-13-29-14-12-25)16-23(28)26-19-9-5-6-10-21(19)30-17-20(26)18-7-3-2-4-8-18/h2-10,20H,11-17H2,1H3. The van der Waals surface area contributed by atoms with Crippen molar-refractivity contribution < 1.29 is 19.1 Å². The topological polar surface area (TPSA) is 62.3 Å². The number of para-hydroxylation sites is 2. The third-order valence-corrected chi connectivity index (χ3v) is 5.46. The smallest absolute Gasteiger partial charge is 0.241 e. The van der Waals surface area contributed by atoms with Crippen LogP contribution in [0.15, 0.2) is 54.6 Å². The highest BCUT2D eigenvalue weighted by Gasteiger charge is 2.33. The van der Waals surface area contributed by atoms with Crippen LogP contribution in [0.3, 0.4) is 0 Å². The first-order valence-electron chi connectivity index (χ1n) is 10.3. The van der Waals surface area contributed by atoms with Gasteiger partial charge in [0.2, 0.25) is 11.8 Å². The van der Waals surface area contributed by atoms with E-state index < -0.39 is 0 Å². The number of hydrogen-bond donors (Lipinski definition) is 0. The van der Waals surface area contributed by atoms with Crippen LogP contribution in [0.1, 0.15) is 11.6 Å². The molecule has 0 saturated carbocycles.